The second-order valence-electron chi connectivity index (χ2n) is 7.67. The molecule has 0 aliphatic carbocycles. The van der Waals surface area contributed by atoms with Gasteiger partial charge in [-0.05, 0) is 39.1 Å². The Kier molecular flexibility index (Phi) is 13.0. The minimum atomic E-state index is -0.756. The highest BCUT2D eigenvalue weighted by molar-refractivity contribution is 5.86. The molecule has 0 atom stereocenters. The first-order chi connectivity index (χ1) is 13.0. The molecule has 30 heavy (non-hydrogen) atoms. The molecule has 2 aliphatic heterocycles. The summed E-state index contributed by atoms with van der Waals surface area (Å²) in [4.78, 5) is 19.2. The van der Waals surface area contributed by atoms with Gasteiger partial charge in [-0.25, -0.2) is 0 Å². The third-order valence-corrected chi connectivity index (χ3v) is 5.38. The van der Waals surface area contributed by atoms with E-state index in [2.05, 4.69) is 15.9 Å². The van der Waals surface area contributed by atoms with E-state index in [0.717, 1.165) is 31.1 Å². The number of piperazine rings is 1. The number of nitrogens with zero attached hydrogens (tertiary/aromatic N) is 3. The molecule has 0 saturated carbocycles. The molecule has 0 spiro atoms. The zero-order valence-electron chi connectivity index (χ0n) is 17.7. The summed E-state index contributed by atoms with van der Waals surface area (Å²) in [5.41, 5.74) is 6.71. The van der Waals surface area contributed by atoms with Crippen molar-refractivity contribution in [2.24, 2.45) is 5.73 Å². The number of rotatable bonds is 6. The normalized spacial score (nSPS) is 18.0. The summed E-state index contributed by atoms with van der Waals surface area (Å²) in [6, 6.07) is 8.13. The molecule has 7 nitrogen and oxygen atoms in total. The van der Waals surface area contributed by atoms with Crippen LogP contribution in [0, 0.1) is 0 Å². The van der Waals surface area contributed by atoms with Crippen molar-refractivity contribution in [2.75, 3.05) is 71.5 Å². The smallest absolute Gasteiger partial charge is 0.242 e. The number of likely N-dealkylation sites (N-methyl/N-ethyl adjacent to an activating group) is 1. The fraction of sp³-hybridized carbons (Fsp3) is 0.650. The van der Waals surface area contributed by atoms with Crippen LogP contribution in [0.2, 0.25) is 0 Å². The van der Waals surface area contributed by atoms with Crippen molar-refractivity contribution < 1.29 is 14.3 Å². The number of amides is 1. The van der Waals surface area contributed by atoms with Gasteiger partial charge < -0.3 is 29.9 Å². The van der Waals surface area contributed by atoms with Crippen LogP contribution in [0.1, 0.15) is 12.8 Å². The Morgan fingerprint density at radius 3 is 2.30 bits per heavy atom. The first-order valence-electron chi connectivity index (χ1n) is 9.77. The number of benzene rings is 1. The van der Waals surface area contributed by atoms with E-state index >= 15 is 0 Å². The Hall–Kier alpha value is -0.960. The van der Waals surface area contributed by atoms with Gasteiger partial charge in [0.05, 0.1) is 11.2 Å². The van der Waals surface area contributed by atoms with Crippen LogP contribution < -0.4 is 15.4 Å². The molecule has 1 amide bonds. The first kappa shape index (κ1) is 29.0. The number of ether oxygens (including phenoxy) is 2. The van der Waals surface area contributed by atoms with E-state index in [4.69, 9.17) is 15.2 Å². The number of carbonyl (C=O) groups is 1. The van der Waals surface area contributed by atoms with E-state index in [1.165, 1.54) is 0 Å². The van der Waals surface area contributed by atoms with Gasteiger partial charge in [-0.3, -0.25) is 4.79 Å². The molecule has 2 heterocycles. The van der Waals surface area contributed by atoms with Gasteiger partial charge >= 0.3 is 0 Å². The number of hydrogen-bond acceptors (Lipinski definition) is 6. The molecule has 2 saturated heterocycles. The number of carbonyl (C=O) groups excluding carboxylic acids is 1. The fourth-order valence-electron chi connectivity index (χ4n) is 3.59. The zero-order valence-corrected chi connectivity index (χ0v) is 20.2. The van der Waals surface area contributed by atoms with E-state index in [-0.39, 0.29) is 43.1 Å². The topological polar surface area (TPSA) is 71.3 Å². The lowest BCUT2D eigenvalue weighted by Gasteiger charge is -2.41. The molecule has 0 radical (unpaired) electrons. The maximum atomic E-state index is 12.9. The van der Waals surface area contributed by atoms with E-state index < -0.39 is 5.54 Å². The average molecular weight is 486 g/mol. The van der Waals surface area contributed by atoms with Crippen molar-refractivity contribution in [1.82, 2.24) is 9.80 Å². The van der Waals surface area contributed by atoms with E-state index in [9.17, 15) is 4.79 Å². The van der Waals surface area contributed by atoms with Crippen molar-refractivity contribution in [1.29, 1.82) is 0 Å². The number of nitrogens with two attached hydrogens (primary N) is 1. The molecular formula is C20H35Cl3N4O3. The summed E-state index contributed by atoms with van der Waals surface area (Å²) in [5.74, 6) is 0.972. The van der Waals surface area contributed by atoms with Crippen LogP contribution >= 0.6 is 37.2 Å². The highest BCUT2D eigenvalue weighted by atomic mass is 35.5. The van der Waals surface area contributed by atoms with Crippen molar-refractivity contribution in [3.8, 4) is 5.75 Å². The predicted molar refractivity (Wildman–Crippen MR) is 128 cm³/mol. The van der Waals surface area contributed by atoms with Gasteiger partial charge in [-0.15, -0.1) is 37.2 Å². The van der Waals surface area contributed by atoms with Gasteiger partial charge in [-0.1, -0.05) is 12.1 Å². The summed E-state index contributed by atoms with van der Waals surface area (Å²) in [5, 5.41) is 0. The fourth-order valence-corrected chi connectivity index (χ4v) is 3.59. The monoisotopic (exact) mass is 484 g/mol. The van der Waals surface area contributed by atoms with Crippen molar-refractivity contribution in [3.05, 3.63) is 24.3 Å². The lowest BCUT2D eigenvalue weighted by Crippen LogP contribution is -2.61. The van der Waals surface area contributed by atoms with Crippen LogP contribution in [0.25, 0.3) is 0 Å². The first-order valence-corrected chi connectivity index (χ1v) is 9.77. The molecule has 1 aromatic rings. The molecule has 1 aromatic carbocycles. The van der Waals surface area contributed by atoms with Gasteiger partial charge in [0.15, 0.2) is 0 Å². The summed E-state index contributed by atoms with van der Waals surface area (Å²) in [6.07, 6.45) is 1.21. The predicted octanol–water partition coefficient (Wildman–Crippen LogP) is 2.05. The summed E-state index contributed by atoms with van der Waals surface area (Å²) in [6.45, 7) is 5.60. The highest BCUT2D eigenvalue weighted by Crippen LogP contribution is 2.29. The van der Waals surface area contributed by atoms with Gasteiger partial charge in [0, 0.05) is 45.9 Å². The minimum absolute atomic E-state index is 0. The molecule has 3 rings (SSSR count). The summed E-state index contributed by atoms with van der Waals surface area (Å²) >= 11 is 0. The van der Waals surface area contributed by atoms with Gasteiger partial charge in [0.1, 0.15) is 12.4 Å². The molecule has 2 N–H and O–H groups in total. The van der Waals surface area contributed by atoms with Crippen molar-refractivity contribution >= 4 is 48.8 Å². The quantitative estimate of drug-likeness (QED) is 0.665. The van der Waals surface area contributed by atoms with Crippen LogP contribution in [0.5, 0.6) is 5.75 Å². The molecular weight excluding hydrogens is 451 g/mol. The van der Waals surface area contributed by atoms with Crippen LogP contribution in [0.15, 0.2) is 24.3 Å². The SMILES string of the molecule is CN(C)CCOc1ccccc1N1CCN(C(=O)C2(N)CCOCC2)CC1.Cl.Cl.Cl. The Morgan fingerprint density at radius 2 is 1.70 bits per heavy atom. The lowest BCUT2D eigenvalue weighted by atomic mass is 9.89. The molecule has 2 aliphatic rings. The van der Waals surface area contributed by atoms with Crippen LogP contribution in [0.3, 0.4) is 0 Å². The second kappa shape index (κ2) is 13.5. The van der Waals surface area contributed by atoms with Crippen LogP contribution in [-0.4, -0.2) is 87.9 Å². The van der Waals surface area contributed by atoms with Gasteiger partial charge in [-0.2, -0.15) is 0 Å². The van der Waals surface area contributed by atoms with Crippen molar-refractivity contribution in [2.45, 2.75) is 18.4 Å². The second-order valence-corrected chi connectivity index (χ2v) is 7.67. The van der Waals surface area contributed by atoms with Gasteiger partial charge in [0.2, 0.25) is 5.91 Å². The molecule has 0 bridgehead atoms. The zero-order chi connectivity index (χ0) is 19.3. The Balaban J connectivity index is 0.00000280. The van der Waals surface area contributed by atoms with Crippen molar-refractivity contribution in [3.63, 3.8) is 0 Å². The summed E-state index contributed by atoms with van der Waals surface area (Å²) < 4.78 is 11.4. The molecule has 2 fully saturated rings. The highest BCUT2D eigenvalue weighted by Gasteiger charge is 2.39. The summed E-state index contributed by atoms with van der Waals surface area (Å²) in [7, 11) is 4.07. The maximum absolute atomic E-state index is 12.9. The molecule has 0 aromatic heterocycles. The Labute approximate surface area is 198 Å². The minimum Gasteiger partial charge on any atom is -0.490 e. The van der Waals surface area contributed by atoms with E-state index in [1.54, 1.807) is 0 Å². The van der Waals surface area contributed by atoms with E-state index in [0.29, 0.717) is 45.8 Å². The number of halogens is 3. The van der Waals surface area contributed by atoms with Gasteiger partial charge in [0.25, 0.3) is 0 Å². The molecule has 174 valence electrons. The third-order valence-electron chi connectivity index (χ3n) is 5.38. The standard InChI is InChI=1S/C20H32N4O3.3ClH/c1-22(2)13-16-27-18-6-4-3-5-17(18)23-9-11-24(12-10-23)19(25)20(21)7-14-26-15-8-20;;;/h3-6H,7-16,21H2,1-2H3;3*1H. The largest absolute Gasteiger partial charge is 0.490 e. The Bertz CT molecular complexity index is 637. The number of para-hydroxylation sites is 2. The Morgan fingerprint density at radius 1 is 1.10 bits per heavy atom. The molecule has 10 heteroatoms. The van der Waals surface area contributed by atoms with Crippen LogP contribution in [0.4, 0.5) is 5.69 Å². The lowest BCUT2D eigenvalue weighted by molar-refractivity contribution is -0.140. The molecule has 0 unspecified atom stereocenters. The maximum Gasteiger partial charge on any atom is 0.242 e. The van der Waals surface area contributed by atoms with E-state index in [1.807, 2.05) is 37.2 Å². The van der Waals surface area contributed by atoms with Crippen LogP contribution in [-0.2, 0) is 9.53 Å². The number of anilines is 1. The average Bonchev–Trinajstić information content (AvgIpc) is 2.68. The third kappa shape index (κ3) is 7.32. The number of hydrogen-bond donors (Lipinski definition) is 1.